The summed E-state index contributed by atoms with van der Waals surface area (Å²) in [4.78, 5) is 0.275. The molecule has 0 aromatic heterocycles. The lowest BCUT2D eigenvalue weighted by atomic mass is 10.1. The fraction of sp³-hybridized carbons (Fsp3) is 0.385. The van der Waals surface area contributed by atoms with Gasteiger partial charge in [-0.15, -0.1) is 0 Å². The van der Waals surface area contributed by atoms with Crippen LogP contribution in [0, 0.1) is 0 Å². The van der Waals surface area contributed by atoms with Crippen LogP contribution in [-0.4, -0.2) is 34.9 Å². The number of rotatable bonds is 4. The van der Waals surface area contributed by atoms with Crippen LogP contribution in [-0.2, 0) is 19.7 Å². The number of benzene rings is 1. The fourth-order valence-electron chi connectivity index (χ4n) is 2.10. The fourth-order valence-corrected chi connectivity index (χ4v) is 3.98. The summed E-state index contributed by atoms with van der Waals surface area (Å²) in [6.45, 7) is 1.91. The van der Waals surface area contributed by atoms with E-state index >= 15 is 0 Å². The molecule has 1 heterocycles. The molecule has 0 radical (unpaired) electrons. The van der Waals surface area contributed by atoms with Crippen LogP contribution in [0.3, 0.4) is 0 Å². The van der Waals surface area contributed by atoms with E-state index in [4.69, 9.17) is 0 Å². The van der Waals surface area contributed by atoms with Gasteiger partial charge in [-0.3, -0.25) is 0 Å². The topological polar surface area (TPSA) is 80.3 Å². The second kappa shape index (κ2) is 5.31. The van der Waals surface area contributed by atoms with Crippen LogP contribution in [0.25, 0.3) is 0 Å². The molecule has 2 rings (SSSR count). The number of nitrogens with one attached hydrogen (secondary N) is 1. The molecule has 0 bridgehead atoms. The lowest BCUT2D eigenvalue weighted by Crippen LogP contribution is -2.32. The van der Waals surface area contributed by atoms with Gasteiger partial charge in [-0.05, 0) is 24.6 Å². The van der Waals surface area contributed by atoms with Gasteiger partial charge in [0.15, 0.2) is 19.7 Å². The van der Waals surface area contributed by atoms with Gasteiger partial charge in [0, 0.05) is 23.7 Å². The molecule has 1 aliphatic rings. The molecular formula is C13H17NO4S2. The van der Waals surface area contributed by atoms with E-state index in [1.165, 1.54) is 5.41 Å². The predicted octanol–water partition coefficient (Wildman–Crippen LogP) is 1.05. The van der Waals surface area contributed by atoms with Crippen LogP contribution in [0.1, 0.15) is 18.5 Å². The van der Waals surface area contributed by atoms with E-state index in [1.807, 2.05) is 6.92 Å². The highest BCUT2D eigenvalue weighted by Crippen LogP contribution is 2.18. The van der Waals surface area contributed by atoms with Crippen molar-refractivity contribution >= 4 is 19.7 Å². The molecule has 7 heteroatoms. The molecule has 1 aromatic rings. The SMILES string of the molecule is CC(NC1C=CS(=O)(=O)C1)c1ccc(S(C)(=O)=O)cc1. The van der Waals surface area contributed by atoms with Crippen LogP contribution in [0.2, 0.25) is 0 Å². The number of hydrogen-bond acceptors (Lipinski definition) is 5. The standard InChI is InChI=1S/C13H17NO4S2/c1-10(14-12-7-8-20(17,18)9-12)11-3-5-13(6-4-11)19(2,15)16/h3-8,10,12,14H,9H2,1-2H3. The van der Waals surface area contributed by atoms with Gasteiger partial charge in [0.05, 0.1) is 10.6 Å². The highest BCUT2D eigenvalue weighted by molar-refractivity contribution is 7.94. The highest BCUT2D eigenvalue weighted by atomic mass is 32.2. The quantitative estimate of drug-likeness (QED) is 0.898. The first-order valence-corrected chi connectivity index (χ1v) is 9.75. The lowest BCUT2D eigenvalue weighted by Gasteiger charge is -2.18. The Bertz CT molecular complexity index is 718. The number of hydrogen-bond donors (Lipinski definition) is 1. The van der Waals surface area contributed by atoms with Crippen LogP contribution >= 0.6 is 0 Å². The Labute approximate surface area is 119 Å². The van der Waals surface area contributed by atoms with Gasteiger partial charge in [-0.2, -0.15) is 0 Å². The van der Waals surface area contributed by atoms with Crippen molar-refractivity contribution in [2.75, 3.05) is 12.0 Å². The minimum absolute atomic E-state index is 0.0634. The van der Waals surface area contributed by atoms with E-state index in [0.29, 0.717) is 0 Å². The Kier molecular flexibility index (Phi) is 4.04. The zero-order chi connectivity index (χ0) is 15.0. The summed E-state index contributed by atoms with van der Waals surface area (Å²) in [7, 11) is -6.27. The predicted molar refractivity (Wildman–Crippen MR) is 77.8 cm³/mol. The smallest absolute Gasteiger partial charge is 0.175 e. The van der Waals surface area contributed by atoms with Gasteiger partial charge in [-0.25, -0.2) is 16.8 Å². The van der Waals surface area contributed by atoms with E-state index < -0.39 is 19.7 Å². The first-order chi connectivity index (χ1) is 9.17. The molecule has 1 aliphatic heterocycles. The molecule has 2 unspecified atom stereocenters. The van der Waals surface area contributed by atoms with Gasteiger partial charge in [0.1, 0.15) is 0 Å². The van der Waals surface area contributed by atoms with Crippen molar-refractivity contribution < 1.29 is 16.8 Å². The van der Waals surface area contributed by atoms with Gasteiger partial charge < -0.3 is 5.32 Å². The summed E-state index contributed by atoms with van der Waals surface area (Å²) >= 11 is 0. The summed E-state index contributed by atoms with van der Waals surface area (Å²) in [5.74, 6) is 0.0682. The highest BCUT2D eigenvalue weighted by Gasteiger charge is 2.23. The summed E-state index contributed by atoms with van der Waals surface area (Å²) in [6, 6.07) is 6.33. The third kappa shape index (κ3) is 3.68. The molecule has 20 heavy (non-hydrogen) atoms. The van der Waals surface area contributed by atoms with Crippen LogP contribution < -0.4 is 5.32 Å². The first-order valence-electron chi connectivity index (χ1n) is 6.14. The van der Waals surface area contributed by atoms with E-state index in [-0.39, 0.29) is 22.7 Å². The monoisotopic (exact) mass is 315 g/mol. The van der Waals surface area contributed by atoms with Gasteiger partial charge in [0.25, 0.3) is 0 Å². The Morgan fingerprint density at radius 2 is 1.85 bits per heavy atom. The molecule has 110 valence electrons. The molecule has 0 aliphatic carbocycles. The maximum atomic E-state index is 11.4. The molecule has 0 amide bonds. The summed E-state index contributed by atoms with van der Waals surface area (Å²) < 4.78 is 45.4. The van der Waals surface area contributed by atoms with Crippen molar-refractivity contribution in [3.05, 3.63) is 41.3 Å². The van der Waals surface area contributed by atoms with Crippen molar-refractivity contribution in [1.29, 1.82) is 0 Å². The van der Waals surface area contributed by atoms with Gasteiger partial charge in [-0.1, -0.05) is 18.2 Å². The Balaban J connectivity index is 2.07. The number of sulfone groups is 2. The van der Waals surface area contributed by atoms with Crippen LogP contribution in [0.5, 0.6) is 0 Å². The van der Waals surface area contributed by atoms with Crippen molar-refractivity contribution in [1.82, 2.24) is 5.32 Å². The zero-order valence-electron chi connectivity index (χ0n) is 11.3. The largest absolute Gasteiger partial charge is 0.303 e. The molecule has 0 saturated heterocycles. The van der Waals surface area contributed by atoms with Crippen LogP contribution in [0.4, 0.5) is 0 Å². The summed E-state index contributed by atoms with van der Waals surface area (Å²) in [6.07, 6.45) is 2.80. The second-order valence-corrected chi connectivity index (χ2v) is 8.94. The van der Waals surface area contributed by atoms with Crippen LogP contribution in [0.15, 0.2) is 40.6 Å². The Morgan fingerprint density at radius 3 is 2.30 bits per heavy atom. The lowest BCUT2D eigenvalue weighted by molar-refractivity contribution is 0.534. The molecule has 0 saturated carbocycles. The summed E-state index contributed by atoms with van der Waals surface area (Å²) in [5.41, 5.74) is 0.912. The second-order valence-electron chi connectivity index (χ2n) is 4.99. The minimum atomic E-state index is -3.19. The van der Waals surface area contributed by atoms with Gasteiger partial charge in [0.2, 0.25) is 0 Å². The van der Waals surface area contributed by atoms with E-state index in [9.17, 15) is 16.8 Å². The molecule has 5 nitrogen and oxygen atoms in total. The third-order valence-corrected chi connectivity index (χ3v) is 5.73. The average Bonchev–Trinajstić information content (AvgIpc) is 2.67. The van der Waals surface area contributed by atoms with Gasteiger partial charge >= 0.3 is 0 Å². The maximum absolute atomic E-state index is 11.4. The average molecular weight is 315 g/mol. The Hall–Kier alpha value is -1.18. The van der Waals surface area contributed by atoms with Crippen molar-refractivity contribution in [3.63, 3.8) is 0 Å². The molecule has 0 fully saturated rings. The summed E-state index contributed by atoms with van der Waals surface area (Å²) in [5, 5.41) is 4.42. The molecule has 2 atom stereocenters. The molecule has 1 N–H and O–H groups in total. The zero-order valence-corrected chi connectivity index (χ0v) is 12.9. The molecule has 0 spiro atoms. The third-order valence-electron chi connectivity index (χ3n) is 3.20. The first kappa shape index (κ1) is 15.2. The van der Waals surface area contributed by atoms with Crippen molar-refractivity contribution in [2.24, 2.45) is 0 Å². The maximum Gasteiger partial charge on any atom is 0.175 e. The molecule has 1 aromatic carbocycles. The van der Waals surface area contributed by atoms with Crippen molar-refractivity contribution in [2.45, 2.75) is 23.9 Å². The minimum Gasteiger partial charge on any atom is -0.303 e. The van der Waals surface area contributed by atoms with E-state index in [0.717, 1.165) is 11.8 Å². The van der Waals surface area contributed by atoms with E-state index in [1.54, 1.807) is 30.3 Å². The molecular weight excluding hydrogens is 298 g/mol. The normalized spacial score (nSPS) is 22.8. The van der Waals surface area contributed by atoms with Crippen molar-refractivity contribution in [3.8, 4) is 0 Å². The van der Waals surface area contributed by atoms with E-state index in [2.05, 4.69) is 5.32 Å². The Morgan fingerprint density at radius 1 is 1.25 bits per heavy atom.